The number of nitrogens with one attached hydrogen (secondary N) is 2. The molecule has 234 valence electrons. The Bertz CT molecular complexity index is 1550. The second-order valence-corrected chi connectivity index (χ2v) is 12.5. The number of piperazine rings is 2. The number of aromatic amines is 1. The number of aromatic nitrogens is 2. The quantitative estimate of drug-likeness (QED) is 0.426. The number of rotatable bonds is 7. The van der Waals surface area contributed by atoms with Crippen molar-refractivity contribution in [2.75, 3.05) is 72.0 Å². The van der Waals surface area contributed by atoms with Crippen LogP contribution in [-0.2, 0) is 11.2 Å². The van der Waals surface area contributed by atoms with E-state index in [1.165, 1.54) is 6.07 Å². The number of likely N-dealkylation sites (tertiary alicyclic amines) is 1. The Balaban J connectivity index is 0.996. The van der Waals surface area contributed by atoms with Gasteiger partial charge in [-0.1, -0.05) is 24.3 Å². The van der Waals surface area contributed by atoms with Gasteiger partial charge in [0.2, 0.25) is 5.91 Å². The molecule has 10 nitrogen and oxygen atoms in total. The second-order valence-electron chi connectivity index (χ2n) is 12.5. The molecule has 2 aromatic carbocycles. The molecular formula is C33H42FN7O3. The van der Waals surface area contributed by atoms with Crippen molar-refractivity contribution in [3.8, 4) is 0 Å². The van der Waals surface area contributed by atoms with Crippen molar-refractivity contribution in [3.05, 3.63) is 75.5 Å². The Hall–Kier alpha value is -3.67. The van der Waals surface area contributed by atoms with Gasteiger partial charge in [-0.15, -0.1) is 0 Å². The molecule has 3 aliphatic heterocycles. The van der Waals surface area contributed by atoms with Gasteiger partial charge < -0.3 is 20.0 Å². The van der Waals surface area contributed by atoms with E-state index in [1.54, 1.807) is 29.2 Å². The van der Waals surface area contributed by atoms with Gasteiger partial charge in [0.15, 0.2) is 0 Å². The van der Waals surface area contributed by atoms with Gasteiger partial charge in [-0.05, 0) is 62.5 Å². The number of piperidine rings is 1. The smallest absolute Gasteiger partial charge is 0.272 e. The fourth-order valence-electron chi connectivity index (χ4n) is 6.84. The summed E-state index contributed by atoms with van der Waals surface area (Å²) in [6.07, 6.45) is 2.58. The van der Waals surface area contributed by atoms with Crippen LogP contribution in [0.5, 0.6) is 0 Å². The van der Waals surface area contributed by atoms with Crippen molar-refractivity contribution in [3.63, 3.8) is 0 Å². The maximum absolute atomic E-state index is 14.9. The lowest BCUT2D eigenvalue weighted by Crippen LogP contribution is -2.53. The zero-order valence-electron chi connectivity index (χ0n) is 25.4. The molecule has 11 heteroatoms. The van der Waals surface area contributed by atoms with Crippen molar-refractivity contribution in [1.82, 2.24) is 35.1 Å². The van der Waals surface area contributed by atoms with Crippen LogP contribution in [0.25, 0.3) is 10.8 Å². The highest BCUT2D eigenvalue weighted by Gasteiger charge is 2.29. The number of H-pyrrole nitrogens is 1. The third kappa shape index (κ3) is 7.00. The molecule has 1 unspecified atom stereocenters. The van der Waals surface area contributed by atoms with E-state index in [-0.39, 0.29) is 22.9 Å². The standard InChI is InChI=1S/C33H42FN7O3/c1-23-20-39(13-10-35-23)21-24-8-11-38(12-9-24)22-31(42)40-14-16-41(17-15-40)33(44)28-18-25(6-7-29(28)34)19-30-26-4-2-3-5-27(26)32(43)37-36-30/h2-7,18,23-24,35H,8-17,19-22H2,1H3,(H,37,43). The first-order chi connectivity index (χ1) is 21.3. The SMILES string of the molecule is CC1CN(CC2CCN(CC(=O)N3CCN(C(=O)c4cc(Cc5n[nH]c(=O)c6ccccc56)ccc4F)CC3)CC2)CCN1. The number of halogens is 1. The lowest BCUT2D eigenvalue weighted by atomic mass is 9.95. The molecule has 0 saturated carbocycles. The summed E-state index contributed by atoms with van der Waals surface area (Å²) in [5.74, 6) is -0.171. The summed E-state index contributed by atoms with van der Waals surface area (Å²) in [4.78, 5) is 46.9. The molecule has 4 heterocycles. The lowest BCUT2D eigenvalue weighted by molar-refractivity contribution is -0.134. The highest BCUT2D eigenvalue weighted by molar-refractivity contribution is 5.95. The molecule has 6 rings (SSSR count). The molecule has 0 spiro atoms. The Kier molecular flexibility index (Phi) is 9.34. The van der Waals surface area contributed by atoms with Crippen LogP contribution in [0.15, 0.2) is 47.3 Å². The molecule has 3 fully saturated rings. The molecular weight excluding hydrogens is 561 g/mol. The average molecular weight is 604 g/mol. The zero-order valence-corrected chi connectivity index (χ0v) is 25.4. The fourth-order valence-corrected chi connectivity index (χ4v) is 6.84. The van der Waals surface area contributed by atoms with Crippen molar-refractivity contribution in [2.45, 2.75) is 32.2 Å². The number of benzene rings is 2. The summed E-state index contributed by atoms with van der Waals surface area (Å²) < 4.78 is 14.9. The first kappa shape index (κ1) is 30.4. The van der Waals surface area contributed by atoms with E-state index in [9.17, 15) is 18.8 Å². The van der Waals surface area contributed by atoms with Crippen molar-refractivity contribution >= 4 is 22.6 Å². The van der Waals surface area contributed by atoms with Gasteiger partial charge in [-0.3, -0.25) is 19.3 Å². The normalized spacial score (nSPS) is 20.7. The minimum Gasteiger partial charge on any atom is -0.338 e. The van der Waals surface area contributed by atoms with E-state index < -0.39 is 5.82 Å². The molecule has 1 aromatic heterocycles. The molecule has 2 amide bonds. The van der Waals surface area contributed by atoms with Crippen LogP contribution < -0.4 is 10.9 Å². The van der Waals surface area contributed by atoms with E-state index in [2.05, 4.69) is 32.2 Å². The summed E-state index contributed by atoms with van der Waals surface area (Å²) in [7, 11) is 0. The minimum atomic E-state index is -0.577. The van der Waals surface area contributed by atoms with E-state index in [4.69, 9.17) is 0 Å². The van der Waals surface area contributed by atoms with E-state index in [1.807, 2.05) is 17.0 Å². The molecule has 2 N–H and O–H groups in total. The van der Waals surface area contributed by atoms with Crippen LogP contribution in [0.4, 0.5) is 4.39 Å². The summed E-state index contributed by atoms with van der Waals surface area (Å²) in [6.45, 7) is 10.6. The highest BCUT2D eigenvalue weighted by atomic mass is 19.1. The van der Waals surface area contributed by atoms with Gasteiger partial charge in [0.05, 0.1) is 23.2 Å². The first-order valence-electron chi connectivity index (χ1n) is 15.8. The van der Waals surface area contributed by atoms with E-state index in [0.717, 1.165) is 63.1 Å². The molecule has 3 saturated heterocycles. The van der Waals surface area contributed by atoms with Crippen LogP contribution in [-0.4, -0.2) is 120 Å². The predicted molar refractivity (Wildman–Crippen MR) is 167 cm³/mol. The summed E-state index contributed by atoms with van der Waals surface area (Å²) in [5, 5.41) is 11.5. The second kappa shape index (κ2) is 13.5. The average Bonchev–Trinajstić information content (AvgIpc) is 3.04. The number of amides is 2. The maximum Gasteiger partial charge on any atom is 0.272 e. The topological polar surface area (TPSA) is 105 Å². The lowest BCUT2D eigenvalue weighted by Gasteiger charge is -2.39. The van der Waals surface area contributed by atoms with Gasteiger partial charge in [-0.2, -0.15) is 5.10 Å². The summed E-state index contributed by atoms with van der Waals surface area (Å²) in [6, 6.07) is 12.3. The van der Waals surface area contributed by atoms with Crippen molar-refractivity contribution in [2.24, 2.45) is 5.92 Å². The third-order valence-electron chi connectivity index (χ3n) is 9.36. The van der Waals surface area contributed by atoms with Crippen LogP contribution in [0.2, 0.25) is 0 Å². The summed E-state index contributed by atoms with van der Waals surface area (Å²) in [5.41, 5.74) is 1.11. The van der Waals surface area contributed by atoms with Gasteiger partial charge in [0.1, 0.15) is 5.82 Å². The minimum absolute atomic E-state index is 0.00847. The summed E-state index contributed by atoms with van der Waals surface area (Å²) >= 11 is 0. The van der Waals surface area contributed by atoms with Gasteiger partial charge in [-0.25, -0.2) is 9.49 Å². The van der Waals surface area contributed by atoms with Crippen LogP contribution >= 0.6 is 0 Å². The molecule has 1 atom stereocenters. The van der Waals surface area contributed by atoms with E-state index in [0.29, 0.717) is 62.2 Å². The number of hydrogen-bond acceptors (Lipinski definition) is 7. The van der Waals surface area contributed by atoms with Crippen LogP contribution in [0.1, 0.15) is 41.4 Å². The molecule has 0 aliphatic carbocycles. The fraction of sp³-hybridized carbons (Fsp3) is 0.515. The predicted octanol–water partition coefficient (Wildman–Crippen LogP) is 1.94. The van der Waals surface area contributed by atoms with Crippen LogP contribution in [0.3, 0.4) is 0 Å². The van der Waals surface area contributed by atoms with Gasteiger partial charge >= 0.3 is 0 Å². The number of carbonyl (C=O) groups excluding carboxylic acids is 2. The van der Waals surface area contributed by atoms with E-state index >= 15 is 0 Å². The molecule has 0 bridgehead atoms. The third-order valence-corrected chi connectivity index (χ3v) is 9.36. The first-order valence-corrected chi connectivity index (χ1v) is 15.8. The Morgan fingerprint density at radius 3 is 2.41 bits per heavy atom. The van der Waals surface area contributed by atoms with Gasteiger partial charge in [0.25, 0.3) is 11.5 Å². The number of nitrogens with zero attached hydrogens (tertiary/aromatic N) is 5. The van der Waals surface area contributed by atoms with Crippen molar-refractivity contribution < 1.29 is 14.0 Å². The Labute approximate surface area is 257 Å². The molecule has 44 heavy (non-hydrogen) atoms. The zero-order chi connectivity index (χ0) is 30.6. The number of carbonyl (C=O) groups is 2. The Morgan fingerprint density at radius 2 is 1.66 bits per heavy atom. The van der Waals surface area contributed by atoms with Crippen molar-refractivity contribution in [1.29, 1.82) is 0 Å². The highest BCUT2D eigenvalue weighted by Crippen LogP contribution is 2.21. The van der Waals surface area contributed by atoms with Gasteiger partial charge in [0, 0.05) is 70.2 Å². The monoisotopic (exact) mass is 603 g/mol. The molecule has 3 aliphatic rings. The number of hydrogen-bond donors (Lipinski definition) is 2. The van der Waals surface area contributed by atoms with Crippen LogP contribution in [0, 0.1) is 11.7 Å². The molecule has 3 aromatic rings. The number of fused-ring (bicyclic) bond motifs is 1. The molecule has 0 radical (unpaired) electrons. The Morgan fingerprint density at radius 1 is 0.932 bits per heavy atom. The maximum atomic E-state index is 14.9. The largest absolute Gasteiger partial charge is 0.338 e.